The molecular weight excluding hydrogens is 320 g/mol. The number of Topliss-reactive ketones (excluding diaryl/α,β-unsaturated/α-hetero) is 2. The first kappa shape index (κ1) is 16.5. The second kappa shape index (κ2) is 7.05. The Morgan fingerprint density at radius 3 is 2.21 bits per heavy atom. The predicted molar refractivity (Wildman–Crippen MR) is 97.3 cm³/mol. The van der Waals surface area contributed by atoms with Crippen molar-refractivity contribution in [3.63, 3.8) is 0 Å². The second-order valence-electron chi connectivity index (χ2n) is 5.63. The van der Waals surface area contributed by atoms with Crippen LogP contribution in [0.3, 0.4) is 0 Å². The fourth-order valence-corrected chi connectivity index (χ4v) is 4.04. The van der Waals surface area contributed by atoms with Crippen molar-refractivity contribution in [2.75, 3.05) is 5.75 Å². The summed E-state index contributed by atoms with van der Waals surface area (Å²) in [6, 6.07) is 16.3. The number of carbonyl (C=O) groups excluding carboxylic acids is 2. The van der Waals surface area contributed by atoms with Gasteiger partial charge in [-0.2, -0.15) is 0 Å². The maximum absolute atomic E-state index is 12.7. The third kappa shape index (κ3) is 2.89. The molecule has 0 fully saturated rings. The van der Waals surface area contributed by atoms with Gasteiger partial charge in [0.25, 0.3) is 0 Å². The fourth-order valence-electron chi connectivity index (χ4n) is 2.84. The lowest BCUT2D eigenvalue weighted by molar-refractivity contribution is -0.112. The van der Waals surface area contributed by atoms with E-state index in [1.165, 1.54) is 0 Å². The highest BCUT2D eigenvalue weighted by molar-refractivity contribution is 7.99. The van der Waals surface area contributed by atoms with Crippen LogP contribution in [0.1, 0.15) is 40.1 Å². The van der Waals surface area contributed by atoms with Gasteiger partial charge in [-0.25, -0.2) is 0 Å². The molecule has 1 aliphatic carbocycles. The first-order valence-electron chi connectivity index (χ1n) is 7.93. The van der Waals surface area contributed by atoms with Crippen LogP contribution in [0, 0.1) is 0 Å². The number of benzene rings is 2. The molecule has 122 valence electrons. The average Bonchev–Trinajstić information content (AvgIpc) is 2.63. The van der Waals surface area contributed by atoms with E-state index in [0.29, 0.717) is 5.56 Å². The lowest BCUT2D eigenvalue weighted by atomic mass is 9.85. The van der Waals surface area contributed by atoms with E-state index in [9.17, 15) is 14.7 Å². The first-order valence-corrected chi connectivity index (χ1v) is 8.98. The SMILES string of the molecule is CCCSC(C1=C(O)c2ccccc2C(=O)C1=O)c1ccccc1. The van der Waals surface area contributed by atoms with Crippen LogP contribution in [0.5, 0.6) is 0 Å². The summed E-state index contributed by atoms with van der Waals surface area (Å²) in [5.41, 5.74) is 1.83. The highest BCUT2D eigenvalue weighted by atomic mass is 32.2. The zero-order valence-electron chi connectivity index (χ0n) is 13.4. The molecule has 24 heavy (non-hydrogen) atoms. The second-order valence-corrected chi connectivity index (χ2v) is 6.84. The summed E-state index contributed by atoms with van der Waals surface area (Å²) in [6.07, 6.45) is 0.945. The topological polar surface area (TPSA) is 54.4 Å². The molecule has 0 aromatic heterocycles. The molecule has 2 aromatic carbocycles. The molecule has 1 N–H and O–H groups in total. The van der Waals surface area contributed by atoms with Gasteiger partial charge in [0.15, 0.2) is 0 Å². The number of aliphatic hydroxyl groups excluding tert-OH is 1. The molecule has 0 saturated carbocycles. The third-order valence-electron chi connectivity index (χ3n) is 3.99. The minimum absolute atomic E-state index is 0.0762. The Labute approximate surface area is 145 Å². The van der Waals surface area contributed by atoms with Gasteiger partial charge >= 0.3 is 0 Å². The summed E-state index contributed by atoms with van der Waals surface area (Å²) < 4.78 is 0. The van der Waals surface area contributed by atoms with E-state index in [4.69, 9.17) is 0 Å². The molecule has 2 aromatic rings. The van der Waals surface area contributed by atoms with Crippen molar-refractivity contribution in [1.82, 2.24) is 0 Å². The monoisotopic (exact) mass is 338 g/mol. The van der Waals surface area contributed by atoms with E-state index in [2.05, 4.69) is 6.92 Å². The van der Waals surface area contributed by atoms with Crippen molar-refractivity contribution in [3.8, 4) is 0 Å². The molecule has 4 heteroatoms. The van der Waals surface area contributed by atoms with Gasteiger partial charge in [-0.3, -0.25) is 9.59 Å². The first-order chi connectivity index (χ1) is 11.6. The maximum Gasteiger partial charge on any atom is 0.234 e. The van der Waals surface area contributed by atoms with Crippen molar-refractivity contribution in [2.24, 2.45) is 0 Å². The number of hydrogen-bond donors (Lipinski definition) is 1. The fraction of sp³-hybridized carbons (Fsp3) is 0.200. The van der Waals surface area contributed by atoms with Gasteiger partial charge in [-0.15, -0.1) is 11.8 Å². The van der Waals surface area contributed by atoms with Crippen molar-refractivity contribution < 1.29 is 14.7 Å². The lowest BCUT2D eigenvalue weighted by Gasteiger charge is -2.24. The van der Waals surface area contributed by atoms with Crippen LogP contribution in [0.2, 0.25) is 0 Å². The molecule has 0 aliphatic heterocycles. The standard InChI is InChI=1S/C20H18O3S/c1-2-12-24-20(13-8-4-3-5-9-13)16-17(21)14-10-6-7-11-15(14)18(22)19(16)23/h3-11,20-21H,2,12H2,1H3. The molecule has 3 nitrogen and oxygen atoms in total. The van der Waals surface area contributed by atoms with Gasteiger partial charge in [-0.05, 0) is 17.7 Å². The van der Waals surface area contributed by atoms with E-state index >= 15 is 0 Å². The minimum Gasteiger partial charge on any atom is -0.507 e. The Bertz CT molecular complexity index is 809. The molecule has 0 radical (unpaired) electrons. The quantitative estimate of drug-likeness (QED) is 0.809. The number of aliphatic hydroxyl groups is 1. The number of rotatable bonds is 5. The predicted octanol–water partition coefficient (Wildman–Crippen LogP) is 4.61. The largest absolute Gasteiger partial charge is 0.507 e. The van der Waals surface area contributed by atoms with Crippen molar-refractivity contribution in [3.05, 3.63) is 76.9 Å². The number of thioether (sulfide) groups is 1. The van der Waals surface area contributed by atoms with E-state index in [1.807, 2.05) is 30.3 Å². The summed E-state index contributed by atoms with van der Waals surface area (Å²) in [6.45, 7) is 2.06. The van der Waals surface area contributed by atoms with E-state index in [0.717, 1.165) is 17.7 Å². The zero-order valence-corrected chi connectivity index (χ0v) is 14.2. The van der Waals surface area contributed by atoms with Crippen molar-refractivity contribution in [1.29, 1.82) is 0 Å². The minimum atomic E-state index is -0.608. The van der Waals surface area contributed by atoms with Gasteiger partial charge < -0.3 is 5.11 Å². The third-order valence-corrected chi connectivity index (χ3v) is 5.47. The van der Waals surface area contributed by atoms with Gasteiger partial charge in [0.05, 0.1) is 10.8 Å². The van der Waals surface area contributed by atoms with Gasteiger partial charge in [0.1, 0.15) is 5.76 Å². The van der Waals surface area contributed by atoms with E-state index in [-0.39, 0.29) is 22.1 Å². The Kier molecular flexibility index (Phi) is 4.86. The lowest BCUT2D eigenvalue weighted by Crippen LogP contribution is -2.26. The van der Waals surface area contributed by atoms with E-state index < -0.39 is 11.6 Å². The summed E-state index contributed by atoms with van der Waals surface area (Å²) in [4.78, 5) is 25.2. The van der Waals surface area contributed by atoms with E-state index in [1.54, 1.807) is 36.0 Å². The summed E-state index contributed by atoms with van der Waals surface area (Å²) in [7, 11) is 0. The van der Waals surface area contributed by atoms with Gasteiger partial charge in [-0.1, -0.05) is 61.5 Å². The highest BCUT2D eigenvalue weighted by Crippen LogP contribution is 2.42. The van der Waals surface area contributed by atoms with Crippen molar-refractivity contribution >= 4 is 29.1 Å². The molecular formula is C20H18O3S. The molecule has 1 aliphatic rings. The number of fused-ring (bicyclic) bond motifs is 1. The van der Waals surface area contributed by atoms with Crippen LogP contribution in [-0.4, -0.2) is 22.4 Å². The Hall–Kier alpha value is -2.33. The van der Waals surface area contributed by atoms with Crippen LogP contribution in [0.25, 0.3) is 5.76 Å². The van der Waals surface area contributed by atoms with Crippen LogP contribution >= 0.6 is 11.8 Å². The Morgan fingerprint density at radius 2 is 1.54 bits per heavy atom. The Balaban J connectivity index is 2.16. The van der Waals surface area contributed by atoms with Crippen LogP contribution < -0.4 is 0 Å². The van der Waals surface area contributed by atoms with Crippen molar-refractivity contribution in [2.45, 2.75) is 18.6 Å². The average molecular weight is 338 g/mol. The highest BCUT2D eigenvalue weighted by Gasteiger charge is 2.37. The number of carbonyl (C=O) groups is 2. The molecule has 0 saturated heterocycles. The van der Waals surface area contributed by atoms with Crippen LogP contribution in [0.4, 0.5) is 0 Å². The van der Waals surface area contributed by atoms with Crippen LogP contribution in [-0.2, 0) is 4.79 Å². The zero-order chi connectivity index (χ0) is 17.1. The summed E-state index contributed by atoms with van der Waals surface area (Å²) >= 11 is 1.57. The Morgan fingerprint density at radius 1 is 0.917 bits per heavy atom. The number of hydrogen-bond acceptors (Lipinski definition) is 4. The molecule has 1 atom stereocenters. The smallest absolute Gasteiger partial charge is 0.234 e. The molecule has 1 unspecified atom stereocenters. The number of ketones is 2. The summed E-state index contributed by atoms with van der Waals surface area (Å²) in [5.74, 6) is -0.396. The van der Waals surface area contributed by atoms with Gasteiger partial charge in [0.2, 0.25) is 11.6 Å². The summed E-state index contributed by atoms with van der Waals surface area (Å²) in [5, 5.41) is 10.4. The molecule has 0 spiro atoms. The maximum atomic E-state index is 12.7. The molecule has 0 amide bonds. The van der Waals surface area contributed by atoms with Gasteiger partial charge in [0, 0.05) is 11.1 Å². The molecule has 0 bridgehead atoms. The van der Waals surface area contributed by atoms with Crippen LogP contribution in [0.15, 0.2) is 60.2 Å². The normalized spacial score (nSPS) is 15.4. The molecule has 0 heterocycles. The molecule has 3 rings (SSSR count).